The van der Waals surface area contributed by atoms with E-state index in [1.165, 1.54) is 20.8 Å². The molecule has 1 aromatic heterocycles. The minimum Gasteiger partial charge on any atom is -0.328 e. The molecule has 3 aromatic rings. The molecule has 3 amide bonds. The number of fused-ring (bicyclic) bond motifs is 1. The van der Waals surface area contributed by atoms with Gasteiger partial charge in [-0.15, -0.1) is 24.2 Å². The molecule has 4 heterocycles. The maximum absolute atomic E-state index is 13.3. The highest BCUT2D eigenvalue weighted by atomic mass is 35.5. The van der Waals surface area contributed by atoms with Crippen LogP contribution in [0.4, 0.5) is 10.6 Å². The van der Waals surface area contributed by atoms with Gasteiger partial charge in [0.05, 0.1) is 16.0 Å². The Kier molecular flexibility index (Phi) is 10.8. The maximum Gasteiger partial charge on any atom is 0.329 e. The van der Waals surface area contributed by atoms with Gasteiger partial charge in [-0.3, -0.25) is 19.7 Å². The third-order valence-electron chi connectivity index (χ3n) is 9.28. The van der Waals surface area contributed by atoms with Crippen LogP contribution in [0.1, 0.15) is 56.1 Å². The highest BCUT2D eigenvalue weighted by Gasteiger charge is 2.31. The number of nitriles is 1. The summed E-state index contributed by atoms with van der Waals surface area (Å²) >= 11 is 1.55. The van der Waals surface area contributed by atoms with Crippen LogP contribution in [-0.2, 0) is 21.9 Å². The van der Waals surface area contributed by atoms with Crippen LogP contribution in [0.15, 0.2) is 46.2 Å². The zero-order valence-electron chi connectivity index (χ0n) is 26.6. The first kappa shape index (κ1) is 35.1. The molecular weight excluding hydrogens is 660 g/mol. The van der Waals surface area contributed by atoms with Crippen LogP contribution in [0, 0.1) is 11.3 Å². The Morgan fingerprint density at radius 2 is 1.79 bits per heavy atom. The normalized spacial score (nSPS) is 19.7. The van der Waals surface area contributed by atoms with Crippen LogP contribution in [0.3, 0.4) is 0 Å². The number of urea groups is 1. The summed E-state index contributed by atoms with van der Waals surface area (Å²) in [7, 11) is -1.78. The van der Waals surface area contributed by atoms with E-state index in [1.54, 1.807) is 28.6 Å². The van der Waals surface area contributed by atoms with E-state index in [0.29, 0.717) is 54.7 Å². The number of hydrogen-bond acceptors (Lipinski definition) is 9. The lowest BCUT2D eigenvalue weighted by Crippen LogP contribution is -2.49. The molecule has 0 bridgehead atoms. The van der Waals surface area contributed by atoms with Crippen molar-refractivity contribution in [3.05, 3.63) is 47.5 Å². The van der Waals surface area contributed by atoms with Crippen LogP contribution < -0.4 is 16.0 Å². The van der Waals surface area contributed by atoms with E-state index < -0.39 is 16.1 Å². The SMILES string of the molecule is CC(CN1CCC(c2ccc3c(N4CCC(=O)NC4=O)nn(C)c3c2)CC1)Sc1cc(S(=O)(=O)N2CCC(N)CC2)ccc1C#N.Cl. The van der Waals surface area contributed by atoms with Gasteiger partial charge < -0.3 is 10.6 Å². The quantitative estimate of drug-likeness (QED) is 0.334. The molecule has 3 fully saturated rings. The van der Waals surface area contributed by atoms with Gasteiger partial charge in [0.25, 0.3) is 0 Å². The summed E-state index contributed by atoms with van der Waals surface area (Å²) in [5, 5.41) is 17.8. The molecule has 12 nitrogen and oxygen atoms in total. The summed E-state index contributed by atoms with van der Waals surface area (Å²) < 4.78 is 30.0. The molecule has 15 heteroatoms. The van der Waals surface area contributed by atoms with Crippen molar-refractivity contribution in [3.8, 4) is 6.07 Å². The highest BCUT2D eigenvalue weighted by molar-refractivity contribution is 8.00. The number of amides is 3. The molecule has 3 N–H and O–H groups in total. The number of piperidine rings is 2. The molecule has 2 aromatic carbocycles. The second-order valence-corrected chi connectivity index (χ2v) is 15.9. The van der Waals surface area contributed by atoms with Gasteiger partial charge >= 0.3 is 6.03 Å². The third-order valence-corrected chi connectivity index (χ3v) is 12.3. The first-order chi connectivity index (χ1) is 22.0. The number of imide groups is 1. The number of sulfonamides is 1. The van der Waals surface area contributed by atoms with Crippen molar-refractivity contribution in [1.82, 2.24) is 24.3 Å². The molecule has 1 atom stereocenters. The second kappa shape index (κ2) is 14.5. The zero-order valence-corrected chi connectivity index (χ0v) is 29.0. The van der Waals surface area contributed by atoms with Gasteiger partial charge in [0.1, 0.15) is 6.07 Å². The first-order valence-electron chi connectivity index (χ1n) is 15.8. The van der Waals surface area contributed by atoms with E-state index in [9.17, 15) is 23.3 Å². The van der Waals surface area contributed by atoms with E-state index in [1.807, 2.05) is 13.1 Å². The molecule has 3 saturated heterocycles. The number of carbonyl (C=O) groups excluding carboxylic acids is 2. The van der Waals surface area contributed by atoms with Crippen molar-refractivity contribution in [3.63, 3.8) is 0 Å². The summed E-state index contributed by atoms with van der Waals surface area (Å²) in [6, 6.07) is 13.0. The number of thioether (sulfide) groups is 1. The fourth-order valence-electron chi connectivity index (χ4n) is 6.66. The Balaban J connectivity index is 0.00000433. The number of nitrogens with zero attached hydrogens (tertiary/aromatic N) is 6. The standard InChI is InChI=1S/C32H40N8O4S2.ClH/c1-21(45-29-18-26(5-3-24(29)19-33)46(43,44)39-14-9-25(34)10-15-39)20-38-12-7-22(8-13-38)23-4-6-27-28(17-23)37(2)36-31(27)40-16-11-30(41)35-32(40)42;/h3-6,17-18,21-22,25H,7-16,20,34H2,1-2H3,(H,35,41,42);1H. The van der Waals surface area contributed by atoms with Crippen molar-refractivity contribution in [1.29, 1.82) is 5.26 Å². The number of anilines is 1. The molecule has 252 valence electrons. The van der Waals surface area contributed by atoms with E-state index >= 15 is 0 Å². The molecule has 3 aliphatic heterocycles. The highest BCUT2D eigenvalue weighted by Crippen LogP contribution is 2.35. The second-order valence-electron chi connectivity index (χ2n) is 12.5. The Morgan fingerprint density at radius 3 is 2.47 bits per heavy atom. The predicted molar refractivity (Wildman–Crippen MR) is 184 cm³/mol. The summed E-state index contributed by atoms with van der Waals surface area (Å²) in [5.74, 6) is 0.692. The summed E-state index contributed by atoms with van der Waals surface area (Å²) in [5.41, 5.74) is 8.66. The lowest BCUT2D eigenvalue weighted by Gasteiger charge is -2.33. The van der Waals surface area contributed by atoms with Gasteiger partial charge in [0.2, 0.25) is 15.9 Å². The average molecular weight is 701 g/mol. The lowest BCUT2D eigenvalue weighted by atomic mass is 9.89. The third kappa shape index (κ3) is 7.45. The fraction of sp³-hybridized carbons (Fsp3) is 0.500. The van der Waals surface area contributed by atoms with E-state index in [4.69, 9.17) is 5.73 Å². The Labute approximate surface area is 286 Å². The summed E-state index contributed by atoms with van der Waals surface area (Å²) in [4.78, 5) is 28.9. The molecule has 1 unspecified atom stereocenters. The molecule has 0 radical (unpaired) electrons. The number of aryl methyl sites for hydroxylation is 1. The number of nitrogens with two attached hydrogens (primary N) is 1. The summed E-state index contributed by atoms with van der Waals surface area (Å²) in [6.45, 7) is 5.95. The van der Waals surface area contributed by atoms with Gasteiger partial charge in [-0.25, -0.2) is 13.2 Å². The monoisotopic (exact) mass is 700 g/mol. The van der Waals surface area contributed by atoms with Gasteiger partial charge in [-0.2, -0.15) is 14.7 Å². The number of halogens is 1. The van der Waals surface area contributed by atoms with Crippen LogP contribution in [0.2, 0.25) is 0 Å². The van der Waals surface area contributed by atoms with E-state index in [0.717, 1.165) is 43.4 Å². The zero-order chi connectivity index (χ0) is 32.6. The van der Waals surface area contributed by atoms with Crippen LogP contribution in [0.5, 0.6) is 0 Å². The minimum atomic E-state index is -3.65. The van der Waals surface area contributed by atoms with Gasteiger partial charge in [-0.05, 0) is 80.6 Å². The van der Waals surface area contributed by atoms with Gasteiger partial charge in [-0.1, -0.05) is 13.0 Å². The molecule has 0 spiro atoms. The maximum atomic E-state index is 13.3. The Bertz CT molecular complexity index is 1790. The number of aromatic nitrogens is 2. The van der Waals surface area contributed by atoms with Crippen LogP contribution >= 0.6 is 24.2 Å². The van der Waals surface area contributed by atoms with Gasteiger partial charge in [0, 0.05) is 61.2 Å². The first-order valence-corrected chi connectivity index (χ1v) is 18.1. The molecule has 0 saturated carbocycles. The largest absolute Gasteiger partial charge is 0.329 e. The molecule has 6 rings (SSSR count). The molecule has 47 heavy (non-hydrogen) atoms. The number of benzene rings is 2. The van der Waals surface area contributed by atoms with Crippen molar-refractivity contribution in [2.75, 3.05) is 44.2 Å². The Hall–Kier alpha value is -3.19. The lowest BCUT2D eigenvalue weighted by molar-refractivity contribution is -0.120. The van der Waals surface area contributed by atoms with Crippen molar-refractivity contribution < 1.29 is 18.0 Å². The number of hydrogen-bond donors (Lipinski definition) is 2. The number of rotatable bonds is 8. The minimum absolute atomic E-state index is 0. The van der Waals surface area contributed by atoms with Gasteiger partial charge in [0.15, 0.2) is 5.82 Å². The van der Waals surface area contributed by atoms with Crippen LogP contribution in [0.25, 0.3) is 10.9 Å². The average Bonchev–Trinajstić information content (AvgIpc) is 3.36. The topological polar surface area (TPSA) is 158 Å². The predicted octanol–water partition coefficient (Wildman–Crippen LogP) is 3.79. The van der Waals surface area contributed by atoms with E-state index in [-0.39, 0.29) is 40.9 Å². The van der Waals surface area contributed by atoms with Crippen LogP contribution in [-0.4, -0.2) is 89.9 Å². The Morgan fingerprint density at radius 1 is 1.06 bits per heavy atom. The van der Waals surface area contributed by atoms with E-state index in [2.05, 4.69) is 40.4 Å². The number of nitrogens with one attached hydrogen (secondary N) is 1. The molecular formula is C32H41ClN8O4S2. The summed E-state index contributed by atoms with van der Waals surface area (Å²) in [6.07, 6.45) is 3.54. The fourth-order valence-corrected chi connectivity index (χ4v) is 9.39. The van der Waals surface area contributed by atoms with Crippen molar-refractivity contribution in [2.45, 2.75) is 66.0 Å². The number of carbonyl (C=O) groups is 2. The molecule has 0 aliphatic carbocycles. The van der Waals surface area contributed by atoms with Crippen molar-refractivity contribution >= 4 is 62.9 Å². The number of likely N-dealkylation sites (tertiary alicyclic amines) is 1. The van der Waals surface area contributed by atoms with Crippen molar-refractivity contribution in [2.24, 2.45) is 12.8 Å². The smallest absolute Gasteiger partial charge is 0.328 e. The molecule has 3 aliphatic rings.